The molecule has 0 bridgehead atoms. The van der Waals surface area contributed by atoms with Gasteiger partial charge in [-0.2, -0.15) is 0 Å². The number of carboxylic acids is 2. The van der Waals surface area contributed by atoms with Gasteiger partial charge in [-0.05, 0) is 18.0 Å². The molecule has 0 saturated heterocycles. The molecular weight excluding hydrogens is 318 g/mol. The lowest BCUT2D eigenvalue weighted by atomic mass is 10.3. The molecule has 0 atom stereocenters. The number of thiophene rings is 1. The average Bonchev–Trinajstić information content (AvgIpc) is 2.99. The van der Waals surface area contributed by atoms with Crippen LogP contribution in [0.1, 0.15) is 11.8 Å². The van der Waals surface area contributed by atoms with Gasteiger partial charge in [-0.25, -0.2) is 0 Å². The molecule has 23 heavy (non-hydrogen) atoms. The van der Waals surface area contributed by atoms with Crippen molar-refractivity contribution in [1.29, 1.82) is 0 Å². The SMILES string of the molecule is CCN(CCN(CCNCC(=O)O)CC(=O)O)Cc1cccs1. The predicted molar refractivity (Wildman–Crippen MR) is 89.9 cm³/mol. The van der Waals surface area contributed by atoms with Crippen molar-refractivity contribution >= 4 is 23.3 Å². The maximum atomic E-state index is 11.0. The van der Waals surface area contributed by atoms with E-state index >= 15 is 0 Å². The van der Waals surface area contributed by atoms with Gasteiger partial charge in [0.15, 0.2) is 0 Å². The standard InChI is InChI=1S/C15H25N3O4S/c1-2-17(11-13-4-3-9-23-13)7-8-18(12-15(21)22)6-5-16-10-14(19)20/h3-4,9,16H,2,5-8,10-12H2,1H3,(H,19,20)(H,21,22). The van der Waals surface area contributed by atoms with E-state index in [-0.39, 0.29) is 13.1 Å². The third-order valence-corrected chi connectivity index (χ3v) is 4.24. The van der Waals surface area contributed by atoms with Crippen LogP contribution in [0, 0.1) is 0 Å². The molecule has 1 heterocycles. The van der Waals surface area contributed by atoms with Crippen molar-refractivity contribution in [3.8, 4) is 0 Å². The first-order valence-corrected chi connectivity index (χ1v) is 8.50. The van der Waals surface area contributed by atoms with Crippen LogP contribution >= 0.6 is 11.3 Å². The normalized spacial score (nSPS) is 11.3. The van der Waals surface area contributed by atoms with E-state index in [2.05, 4.69) is 23.2 Å². The summed E-state index contributed by atoms with van der Waals surface area (Å²) >= 11 is 1.72. The second kappa shape index (κ2) is 11.1. The van der Waals surface area contributed by atoms with Gasteiger partial charge >= 0.3 is 11.9 Å². The Bertz CT molecular complexity index is 467. The number of carboxylic acid groups (broad SMARTS) is 2. The molecule has 8 heteroatoms. The first kappa shape index (κ1) is 19.6. The average molecular weight is 343 g/mol. The molecular formula is C15H25N3O4S. The lowest BCUT2D eigenvalue weighted by Crippen LogP contribution is -2.41. The summed E-state index contributed by atoms with van der Waals surface area (Å²) in [7, 11) is 0. The van der Waals surface area contributed by atoms with Crippen LogP contribution in [-0.4, -0.2) is 77.8 Å². The summed E-state index contributed by atoms with van der Waals surface area (Å²) in [4.78, 5) is 26.8. The highest BCUT2D eigenvalue weighted by molar-refractivity contribution is 7.09. The molecule has 0 unspecified atom stereocenters. The molecule has 1 aromatic heterocycles. The van der Waals surface area contributed by atoms with Crippen molar-refractivity contribution in [3.05, 3.63) is 22.4 Å². The van der Waals surface area contributed by atoms with Crippen LogP contribution in [0.2, 0.25) is 0 Å². The Kier molecular flexibility index (Phi) is 9.46. The van der Waals surface area contributed by atoms with E-state index in [1.54, 1.807) is 11.3 Å². The van der Waals surface area contributed by atoms with E-state index < -0.39 is 11.9 Å². The zero-order valence-corrected chi connectivity index (χ0v) is 14.2. The molecule has 0 aromatic carbocycles. The first-order valence-electron chi connectivity index (χ1n) is 7.62. The van der Waals surface area contributed by atoms with Crippen LogP contribution in [0.25, 0.3) is 0 Å². The molecule has 0 aliphatic rings. The Hall–Kier alpha value is -1.48. The minimum Gasteiger partial charge on any atom is -0.480 e. The number of carbonyl (C=O) groups is 2. The summed E-state index contributed by atoms with van der Waals surface area (Å²) in [6.07, 6.45) is 0. The molecule has 7 nitrogen and oxygen atoms in total. The molecule has 0 spiro atoms. The van der Waals surface area contributed by atoms with E-state index in [1.807, 2.05) is 16.3 Å². The highest BCUT2D eigenvalue weighted by Gasteiger charge is 2.12. The molecule has 0 saturated carbocycles. The van der Waals surface area contributed by atoms with E-state index in [0.717, 1.165) is 19.6 Å². The van der Waals surface area contributed by atoms with Gasteiger partial charge in [0.2, 0.25) is 0 Å². The summed E-state index contributed by atoms with van der Waals surface area (Å²) in [5.41, 5.74) is 0. The van der Waals surface area contributed by atoms with Crippen LogP contribution in [0.5, 0.6) is 0 Å². The minimum atomic E-state index is -0.914. The third kappa shape index (κ3) is 9.29. The molecule has 0 fully saturated rings. The largest absolute Gasteiger partial charge is 0.480 e. The van der Waals surface area contributed by atoms with Gasteiger partial charge < -0.3 is 15.5 Å². The van der Waals surface area contributed by atoms with E-state index in [4.69, 9.17) is 10.2 Å². The van der Waals surface area contributed by atoms with Crippen molar-refractivity contribution in [2.24, 2.45) is 0 Å². The van der Waals surface area contributed by atoms with Gasteiger partial charge in [-0.15, -0.1) is 11.3 Å². The molecule has 0 amide bonds. The Morgan fingerprint density at radius 1 is 1.17 bits per heavy atom. The monoisotopic (exact) mass is 343 g/mol. The molecule has 3 N–H and O–H groups in total. The Labute approximate surface area is 140 Å². The Morgan fingerprint density at radius 3 is 2.48 bits per heavy atom. The Balaban J connectivity index is 2.38. The van der Waals surface area contributed by atoms with Crippen molar-refractivity contribution in [2.45, 2.75) is 13.5 Å². The van der Waals surface area contributed by atoms with Gasteiger partial charge in [0.25, 0.3) is 0 Å². The minimum absolute atomic E-state index is 0.0364. The number of aliphatic carboxylic acids is 2. The van der Waals surface area contributed by atoms with Crippen LogP contribution in [0.4, 0.5) is 0 Å². The van der Waals surface area contributed by atoms with Gasteiger partial charge in [-0.3, -0.25) is 19.4 Å². The maximum Gasteiger partial charge on any atom is 0.317 e. The Morgan fingerprint density at radius 2 is 1.91 bits per heavy atom. The van der Waals surface area contributed by atoms with Crippen LogP contribution in [0.3, 0.4) is 0 Å². The zero-order chi connectivity index (χ0) is 17.1. The number of rotatable bonds is 13. The van der Waals surface area contributed by atoms with E-state index in [0.29, 0.717) is 19.6 Å². The van der Waals surface area contributed by atoms with Crippen molar-refractivity contribution in [3.63, 3.8) is 0 Å². The number of likely N-dealkylation sites (N-methyl/N-ethyl adjacent to an activating group) is 1. The van der Waals surface area contributed by atoms with Crippen LogP contribution < -0.4 is 5.32 Å². The zero-order valence-electron chi connectivity index (χ0n) is 13.4. The van der Waals surface area contributed by atoms with Crippen molar-refractivity contribution in [1.82, 2.24) is 15.1 Å². The fraction of sp³-hybridized carbons (Fsp3) is 0.600. The molecule has 1 rings (SSSR count). The molecule has 0 aliphatic heterocycles. The summed E-state index contributed by atoms with van der Waals surface area (Å²) in [5.74, 6) is -1.78. The smallest absolute Gasteiger partial charge is 0.317 e. The summed E-state index contributed by atoms with van der Waals surface area (Å²) < 4.78 is 0. The number of hydrogen-bond acceptors (Lipinski definition) is 6. The second-order valence-electron chi connectivity index (χ2n) is 5.19. The second-order valence-corrected chi connectivity index (χ2v) is 6.22. The topological polar surface area (TPSA) is 93.1 Å². The lowest BCUT2D eigenvalue weighted by molar-refractivity contribution is -0.139. The lowest BCUT2D eigenvalue weighted by Gasteiger charge is -2.25. The fourth-order valence-electron chi connectivity index (χ4n) is 2.15. The quantitative estimate of drug-likeness (QED) is 0.452. The molecule has 0 aliphatic carbocycles. The number of nitrogens with zero attached hydrogens (tertiary/aromatic N) is 2. The highest BCUT2D eigenvalue weighted by Crippen LogP contribution is 2.11. The molecule has 130 valence electrons. The van der Waals surface area contributed by atoms with Crippen LogP contribution in [0.15, 0.2) is 17.5 Å². The third-order valence-electron chi connectivity index (χ3n) is 3.38. The predicted octanol–water partition coefficient (Wildman–Crippen LogP) is 0.631. The maximum absolute atomic E-state index is 11.0. The van der Waals surface area contributed by atoms with Gasteiger partial charge in [0.05, 0.1) is 13.1 Å². The number of hydrogen-bond donors (Lipinski definition) is 3. The summed E-state index contributed by atoms with van der Waals surface area (Å²) in [5, 5.41) is 22.4. The first-order chi connectivity index (χ1) is 11.0. The molecule has 0 radical (unpaired) electrons. The van der Waals surface area contributed by atoms with Crippen molar-refractivity contribution < 1.29 is 19.8 Å². The van der Waals surface area contributed by atoms with E-state index in [9.17, 15) is 9.59 Å². The highest BCUT2D eigenvalue weighted by atomic mass is 32.1. The number of nitrogens with one attached hydrogen (secondary N) is 1. The van der Waals surface area contributed by atoms with Gasteiger partial charge in [0, 0.05) is 37.6 Å². The summed E-state index contributed by atoms with van der Waals surface area (Å²) in [6.45, 7) is 6.09. The van der Waals surface area contributed by atoms with Gasteiger partial charge in [-0.1, -0.05) is 13.0 Å². The van der Waals surface area contributed by atoms with Crippen molar-refractivity contribution in [2.75, 3.05) is 45.8 Å². The van der Waals surface area contributed by atoms with Gasteiger partial charge in [0.1, 0.15) is 0 Å². The van der Waals surface area contributed by atoms with Crippen LogP contribution in [-0.2, 0) is 16.1 Å². The fourth-order valence-corrected chi connectivity index (χ4v) is 2.89. The van der Waals surface area contributed by atoms with E-state index in [1.165, 1.54) is 4.88 Å². The summed E-state index contributed by atoms with van der Waals surface area (Å²) in [6, 6.07) is 4.12. The molecule has 1 aromatic rings.